The fourth-order valence-corrected chi connectivity index (χ4v) is 3.86. The molecule has 0 saturated heterocycles. The van der Waals surface area contributed by atoms with Gasteiger partial charge in [0.1, 0.15) is 0 Å². The molecule has 3 aromatic rings. The quantitative estimate of drug-likeness (QED) is 0.434. The topological polar surface area (TPSA) is 82.5 Å². The van der Waals surface area contributed by atoms with E-state index in [9.17, 15) is 13.9 Å². The van der Waals surface area contributed by atoms with Crippen molar-refractivity contribution >= 4 is 28.1 Å². The minimum Gasteiger partial charge on any atom is -0.345 e. The summed E-state index contributed by atoms with van der Waals surface area (Å²) in [5.41, 5.74) is 4.61. The molecule has 0 aliphatic heterocycles. The lowest BCUT2D eigenvalue weighted by molar-refractivity contribution is 0.0939. The molecule has 2 aromatic carbocycles. The standard InChI is InChI=1S/C23H25ClN2O3S/c1-14-5-7-17(8-6-14)18-9-19(11-21(10-18)30(4,28)29)23(27)26-15(2)20-12-22(24)16(3)25-13-20/h5-13,15,28-29H,1-4H3,(H,26,27)/t15-/m1/s1. The second-order valence-electron chi connectivity index (χ2n) is 7.48. The summed E-state index contributed by atoms with van der Waals surface area (Å²) >= 11 is 6.15. The second-order valence-corrected chi connectivity index (χ2v) is 10.0. The molecule has 1 atom stereocenters. The number of hydrogen-bond acceptors (Lipinski definition) is 4. The molecule has 3 rings (SSSR count). The van der Waals surface area contributed by atoms with Crippen LogP contribution in [0.4, 0.5) is 0 Å². The van der Waals surface area contributed by atoms with Crippen molar-refractivity contribution in [2.24, 2.45) is 0 Å². The van der Waals surface area contributed by atoms with Crippen molar-refractivity contribution in [3.63, 3.8) is 0 Å². The van der Waals surface area contributed by atoms with Crippen LogP contribution in [-0.4, -0.2) is 26.3 Å². The Kier molecular flexibility index (Phi) is 6.53. The van der Waals surface area contributed by atoms with Gasteiger partial charge in [-0.3, -0.25) is 18.9 Å². The van der Waals surface area contributed by atoms with E-state index in [4.69, 9.17) is 11.6 Å². The number of hydrogen-bond donors (Lipinski definition) is 3. The molecular weight excluding hydrogens is 420 g/mol. The van der Waals surface area contributed by atoms with Crippen LogP contribution in [0.25, 0.3) is 11.1 Å². The zero-order valence-corrected chi connectivity index (χ0v) is 18.9. The highest BCUT2D eigenvalue weighted by Gasteiger charge is 2.18. The molecule has 1 amide bonds. The second kappa shape index (κ2) is 8.78. The van der Waals surface area contributed by atoms with E-state index in [0.29, 0.717) is 15.5 Å². The largest absolute Gasteiger partial charge is 0.345 e. The Morgan fingerprint density at radius 3 is 2.33 bits per heavy atom. The molecule has 0 spiro atoms. The molecule has 158 valence electrons. The van der Waals surface area contributed by atoms with E-state index in [0.717, 1.165) is 27.9 Å². The summed E-state index contributed by atoms with van der Waals surface area (Å²) in [7, 11) is -3.00. The molecule has 0 unspecified atom stereocenters. The van der Waals surface area contributed by atoms with Crippen molar-refractivity contribution in [1.82, 2.24) is 10.3 Å². The molecule has 0 aliphatic carbocycles. The Balaban J connectivity index is 1.95. The predicted molar refractivity (Wildman–Crippen MR) is 124 cm³/mol. The maximum atomic E-state index is 13.0. The van der Waals surface area contributed by atoms with Gasteiger partial charge in [0, 0.05) is 18.0 Å². The Bertz CT molecular complexity index is 1080. The van der Waals surface area contributed by atoms with E-state index in [1.807, 2.05) is 45.0 Å². The van der Waals surface area contributed by atoms with Crippen LogP contribution in [0.1, 0.15) is 40.1 Å². The van der Waals surface area contributed by atoms with Crippen LogP contribution >= 0.6 is 22.2 Å². The van der Waals surface area contributed by atoms with Crippen LogP contribution < -0.4 is 5.32 Å². The monoisotopic (exact) mass is 444 g/mol. The number of nitrogens with one attached hydrogen (secondary N) is 1. The fourth-order valence-electron chi connectivity index (χ4n) is 2.99. The third-order valence-corrected chi connectivity index (χ3v) is 6.41. The molecule has 7 heteroatoms. The highest BCUT2D eigenvalue weighted by molar-refractivity contribution is 8.23. The first-order chi connectivity index (χ1) is 14.0. The van der Waals surface area contributed by atoms with Gasteiger partial charge in [0.25, 0.3) is 5.91 Å². The third-order valence-electron chi connectivity index (χ3n) is 4.89. The number of aromatic nitrogens is 1. The van der Waals surface area contributed by atoms with E-state index in [-0.39, 0.29) is 11.9 Å². The number of carbonyl (C=O) groups excluding carboxylic acids is 1. The molecule has 0 bridgehead atoms. The van der Waals surface area contributed by atoms with E-state index in [1.165, 1.54) is 12.3 Å². The van der Waals surface area contributed by atoms with Gasteiger partial charge >= 0.3 is 0 Å². The van der Waals surface area contributed by atoms with Crippen molar-refractivity contribution in [2.75, 3.05) is 6.26 Å². The Morgan fingerprint density at radius 1 is 1.07 bits per heavy atom. The lowest BCUT2D eigenvalue weighted by Gasteiger charge is -2.28. The molecular formula is C23H25ClN2O3S. The number of benzene rings is 2. The van der Waals surface area contributed by atoms with Crippen LogP contribution in [0, 0.1) is 13.8 Å². The van der Waals surface area contributed by atoms with Gasteiger partial charge in [0.2, 0.25) is 0 Å². The number of rotatable bonds is 5. The molecule has 0 radical (unpaired) electrons. The van der Waals surface area contributed by atoms with Crippen molar-refractivity contribution in [1.29, 1.82) is 0 Å². The first-order valence-electron chi connectivity index (χ1n) is 9.43. The summed E-state index contributed by atoms with van der Waals surface area (Å²) in [6, 6.07) is 14.3. The molecule has 5 nitrogen and oxygen atoms in total. The predicted octanol–water partition coefficient (Wildman–Crippen LogP) is 6.25. The average Bonchev–Trinajstić information content (AvgIpc) is 2.69. The number of carbonyl (C=O) groups is 1. The summed E-state index contributed by atoms with van der Waals surface area (Å²) in [5.74, 6) is -0.321. The number of nitrogens with zero attached hydrogens (tertiary/aromatic N) is 1. The number of amides is 1. The van der Waals surface area contributed by atoms with Crippen LogP contribution in [0.2, 0.25) is 5.02 Å². The smallest absolute Gasteiger partial charge is 0.251 e. The lowest BCUT2D eigenvalue weighted by Crippen LogP contribution is -2.27. The van der Waals surface area contributed by atoms with Crippen LogP contribution in [0.5, 0.6) is 0 Å². The molecule has 0 aliphatic rings. The van der Waals surface area contributed by atoms with Gasteiger partial charge < -0.3 is 5.32 Å². The van der Waals surface area contributed by atoms with E-state index >= 15 is 0 Å². The van der Waals surface area contributed by atoms with Gasteiger partial charge in [-0.05, 0) is 61.7 Å². The third kappa shape index (κ3) is 5.21. The van der Waals surface area contributed by atoms with Crippen molar-refractivity contribution < 1.29 is 13.9 Å². The van der Waals surface area contributed by atoms with Gasteiger partial charge in [-0.1, -0.05) is 41.4 Å². The van der Waals surface area contributed by atoms with E-state index < -0.39 is 10.6 Å². The maximum absolute atomic E-state index is 13.0. The SMILES string of the molecule is Cc1ccc(-c2cc(C(=O)N[C@H](C)c3cnc(C)c(Cl)c3)cc(S(C)(O)O)c2)cc1. The lowest BCUT2D eigenvalue weighted by atomic mass is 10.0. The van der Waals surface area contributed by atoms with Crippen molar-refractivity contribution in [3.05, 3.63) is 82.1 Å². The summed E-state index contributed by atoms with van der Waals surface area (Å²) in [6.45, 7) is 5.66. The van der Waals surface area contributed by atoms with E-state index in [2.05, 4.69) is 10.3 Å². The Morgan fingerprint density at radius 2 is 1.73 bits per heavy atom. The van der Waals surface area contributed by atoms with Crippen molar-refractivity contribution in [2.45, 2.75) is 31.7 Å². The highest BCUT2D eigenvalue weighted by atomic mass is 35.5. The summed E-state index contributed by atoms with van der Waals surface area (Å²) in [4.78, 5) is 17.5. The summed E-state index contributed by atoms with van der Waals surface area (Å²) in [5, 5.41) is 3.47. The van der Waals surface area contributed by atoms with Gasteiger partial charge in [0.15, 0.2) is 0 Å². The van der Waals surface area contributed by atoms with E-state index in [1.54, 1.807) is 24.4 Å². The van der Waals surface area contributed by atoms with Gasteiger partial charge in [-0.25, -0.2) is 0 Å². The first-order valence-corrected chi connectivity index (χ1v) is 11.8. The molecule has 1 heterocycles. The van der Waals surface area contributed by atoms with Crippen molar-refractivity contribution in [3.8, 4) is 11.1 Å². The molecule has 0 fully saturated rings. The number of halogens is 1. The minimum absolute atomic E-state index is 0.318. The summed E-state index contributed by atoms with van der Waals surface area (Å²) < 4.78 is 20.4. The normalized spacial score (nSPS) is 13.0. The molecule has 3 N–H and O–H groups in total. The molecule has 30 heavy (non-hydrogen) atoms. The molecule has 0 saturated carbocycles. The maximum Gasteiger partial charge on any atom is 0.251 e. The highest BCUT2D eigenvalue weighted by Crippen LogP contribution is 2.45. The van der Waals surface area contributed by atoms with Crippen LogP contribution in [0.3, 0.4) is 0 Å². The van der Waals surface area contributed by atoms with Gasteiger partial charge in [0.05, 0.1) is 21.7 Å². The van der Waals surface area contributed by atoms with Gasteiger partial charge in [-0.2, -0.15) is 10.6 Å². The van der Waals surface area contributed by atoms with Crippen LogP contribution in [-0.2, 0) is 0 Å². The number of pyridine rings is 1. The molecule has 1 aromatic heterocycles. The van der Waals surface area contributed by atoms with Gasteiger partial charge in [-0.15, -0.1) is 0 Å². The minimum atomic E-state index is -3.00. The Labute approximate surface area is 183 Å². The van der Waals surface area contributed by atoms with Crippen LogP contribution in [0.15, 0.2) is 59.6 Å². The fraction of sp³-hybridized carbons (Fsp3) is 0.217. The Hall–Kier alpha value is -2.38. The average molecular weight is 445 g/mol. The zero-order chi connectivity index (χ0) is 22.1. The first kappa shape index (κ1) is 22.3. The zero-order valence-electron chi connectivity index (χ0n) is 17.3. The number of aryl methyl sites for hydroxylation is 2. The summed E-state index contributed by atoms with van der Waals surface area (Å²) in [6.07, 6.45) is 3.04.